The molecule has 0 bridgehead atoms. The van der Waals surface area contributed by atoms with Gasteiger partial charge in [0.25, 0.3) is 5.91 Å². The number of rotatable bonds is 6. The molecule has 27 heavy (non-hydrogen) atoms. The van der Waals surface area contributed by atoms with Gasteiger partial charge in [0.15, 0.2) is 11.7 Å². The van der Waals surface area contributed by atoms with Crippen molar-refractivity contribution in [1.29, 1.82) is 0 Å². The first-order valence-electron chi connectivity index (χ1n) is 7.96. The van der Waals surface area contributed by atoms with Gasteiger partial charge < -0.3 is 15.2 Å². The molecule has 138 valence electrons. The number of hydrogen-bond donors (Lipinski definition) is 2. The minimum atomic E-state index is -1.05. The SMILES string of the molecule is O=C(O)COc1ccc(/C=C2\NC(=S)N(Cc3ccccc3Cl)C2=O)cc1. The van der Waals surface area contributed by atoms with Crippen LogP contribution in [0.15, 0.2) is 54.2 Å². The van der Waals surface area contributed by atoms with Gasteiger partial charge in [-0.25, -0.2) is 4.79 Å². The fraction of sp³-hybridized carbons (Fsp3) is 0.105. The van der Waals surface area contributed by atoms with Crippen LogP contribution in [0.1, 0.15) is 11.1 Å². The summed E-state index contributed by atoms with van der Waals surface area (Å²) in [4.78, 5) is 24.6. The molecule has 2 aromatic rings. The van der Waals surface area contributed by atoms with Crippen LogP contribution in [-0.4, -0.2) is 33.6 Å². The predicted molar refractivity (Wildman–Crippen MR) is 105 cm³/mol. The molecular formula is C19H15ClN2O4S. The maximum Gasteiger partial charge on any atom is 0.341 e. The summed E-state index contributed by atoms with van der Waals surface area (Å²) in [5, 5.41) is 12.4. The zero-order chi connectivity index (χ0) is 19.4. The van der Waals surface area contributed by atoms with E-state index in [1.165, 1.54) is 4.90 Å². The van der Waals surface area contributed by atoms with Gasteiger partial charge in [-0.15, -0.1) is 0 Å². The number of aliphatic carboxylic acids is 1. The number of carbonyl (C=O) groups excluding carboxylic acids is 1. The fourth-order valence-electron chi connectivity index (χ4n) is 2.48. The van der Waals surface area contributed by atoms with Gasteiger partial charge in [-0.2, -0.15) is 0 Å². The van der Waals surface area contributed by atoms with Crippen LogP contribution >= 0.6 is 23.8 Å². The molecule has 2 aromatic carbocycles. The number of carboxylic acid groups (broad SMARTS) is 1. The molecule has 0 atom stereocenters. The van der Waals surface area contributed by atoms with E-state index in [4.69, 9.17) is 33.7 Å². The van der Waals surface area contributed by atoms with Crippen molar-refractivity contribution in [1.82, 2.24) is 10.2 Å². The zero-order valence-corrected chi connectivity index (χ0v) is 15.6. The smallest absolute Gasteiger partial charge is 0.341 e. The molecule has 1 saturated heterocycles. The van der Waals surface area contributed by atoms with E-state index in [0.29, 0.717) is 21.6 Å². The summed E-state index contributed by atoms with van der Waals surface area (Å²) in [7, 11) is 0. The fourth-order valence-corrected chi connectivity index (χ4v) is 2.94. The molecule has 0 aromatic heterocycles. The standard InChI is InChI=1S/C19H15ClN2O4S/c20-15-4-2-1-3-13(15)10-22-18(25)16(21-19(22)27)9-12-5-7-14(8-6-12)26-11-17(23)24/h1-9H,10-11H2,(H,21,27)(H,23,24)/b16-9-. The van der Waals surface area contributed by atoms with Crippen LogP contribution in [0.25, 0.3) is 6.08 Å². The van der Waals surface area contributed by atoms with Crippen molar-refractivity contribution in [2.24, 2.45) is 0 Å². The molecule has 0 saturated carbocycles. The summed E-state index contributed by atoms with van der Waals surface area (Å²) in [5.74, 6) is -0.860. The van der Waals surface area contributed by atoms with Crippen LogP contribution in [0.3, 0.4) is 0 Å². The number of ether oxygens (including phenoxy) is 1. The summed E-state index contributed by atoms with van der Waals surface area (Å²) in [6.07, 6.45) is 1.67. The van der Waals surface area contributed by atoms with Crippen molar-refractivity contribution in [2.75, 3.05) is 6.61 Å². The summed E-state index contributed by atoms with van der Waals surface area (Å²) in [5.41, 5.74) is 1.90. The maximum atomic E-state index is 12.7. The van der Waals surface area contributed by atoms with E-state index in [1.807, 2.05) is 18.2 Å². The molecule has 1 amide bonds. The average Bonchev–Trinajstić information content (AvgIpc) is 2.90. The lowest BCUT2D eigenvalue weighted by atomic mass is 10.1. The normalized spacial score (nSPS) is 15.1. The number of halogens is 1. The number of hydrogen-bond acceptors (Lipinski definition) is 4. The van der Waals surface area contributed by atoms with Crippen LogP contribution in [0.4, 0.5) is 0 Å². The molecule has 0 unspecified atom stereocenters. The molecule has 1 heterocycles. The highest BCUT2D eigenvalue weighted by Gasteiger charge is 2.30. The molecular weight excluding hydrogens is 388 g/mol. The third kappa shape index (κ3) is 4.64. The largest absolute Gasteiger partial charge is 0.482 e. The van der Waals surface area contributed by atoms with Gasteiger partial charge in [0, 0.05) is 5.02 Å². The lowest BCUT2D eigenvalue weighted by Crippen LogP contribution is -2.30. The van der Waals surface area contributed by atoms with E-state index in [2.05, 4.69) is 5.32 Å². The van der Waals surface area contributed by atoms with Gasteiger partial charge in [0.05, 0.1) is 6.54 Å². The maximum absolute atomic E-state index is 12.7. The lowest BCUT2D eigenvalue weighted by molar-refractivity contribution is -0.139. The highest BCUT2D eigenvalue weighted by Crippen LogP contribution is 2.22. The van der Waals surface area contributed by atoms with Gasteiger partial charge in [0.2, 0.25) is 0 Å². The monoisotopic (exact) mass is 402 g/mol. The van der Waals surface area contributed by atoms with Crippen LogP contribution in [0, 0.1) is 0 Å². The second-order valence-corrected chi connectivity index (χ2v) is 6.52. The molecule has 8 heteroatoms. The number of thiocarbonyl (C=S) groups is 1. The minimum absolute atomic E-state index is 0.244. The van der Waals surface area contributed by atoms with Gasteiger partial charge in [0.1, 0.15) is 11.4 Å². The third-order valence-corrected chi connectivity index (χ3v) is 4.49. The van der Waals surface area contributed by atoms with Crippen molar-refractivity contribution in [2.45, 2.75) is 6.54 Å². The van der Waals surface area contributed by atoms with Gasteiger partial charge in [-0.3, -0.25) is 9.69 Å². The average molecular weight is 403 g/mol. The molecule has 1 fully saturated rings. The Hall–Kier alpha value is -2.90. The Balaban J connectivity index is 1.72. The van der Waals surface area contributed by atoms with E-state index in [1.54, 1.807) is 36.4 Å². The topological polar surface area (TPSA) is 78.9 Å². The Kier molecular flexibility index (Phi) is 5.73. The van der Waals surface area contributed by atoms with E-state index in [-0.39, 0.29) is 12.5 Å². The van der Waals surface area contributed by atoms with Gasteiger partial charge in [-0.1, -0.05) is 41.9 Å². The molecule has 0 spiro atoms. The summed E-state index contributed by atoms with van der Waals surface area (Å²) < 4.78 is 5.08. The molecule has 1 aliphatic rings. The molecule has 6 nitrogen and oxygen atoms in total. The Morgan fingerprint density at radius 1 is 1.22 bits per heavy atom. The van der Waals surface area contributed by atoms with Crippen molar-refractivity contribution < 1.29 is 19.4 Å². The quantitative estimate of drug-likeness (QED) is 0.571. The van der Waals surface area contributed by atoms with Crippen molar-refractivity contribution in [3.8, 4) is 5.75 Å². The van der Waals surface area contributed by atoms with Crippen molar-refractivity contribution in [3.63, 3.8) is 0 Å². The van der Waals surface area contributed by atoms with Crippen LogP contribution < -0.4 is 10.1 Å². The van der Waals surface area contributed by atoms with Gasteiger partial charge >= 0.3 is 5.97 Å². The number of carbonyl (C=O) groups is 2. The number of carboxylic acids is 1. The van der Waals surface area contributed by atoms with E-state index < -0.39 is 12.6 Å². The molecule has 0 aliphatic carbocycles. The predicted octanol–water partition coefficient (Wildman–Crippen LogP) is 3.06. The summed E-state index contributed by atoms with van der Waals surface area (Å²) in [6.45, 7) is -0.130. The lowest BCUT2D eigenvalue weighted by Gasteiger charge is -2.14. The van der Waals surface area contributed by atoms with E-state index in [0.717, 1.165) is 11.1 Å². The third-order valence-electron chi connectivity index (χ3n) is 3.80. The van der Waals surface area contributed by atoms with Crippen LogP contribution in [-0.2, 0) is 16.1 Å². The first-order chi connectivity index (χ1) is 12.9. The van der Waals surface area contributed by atoms with Crippen LogP contribution in [0.2, 0.25) is 5.02 Å². The Morgan fingerprint density at radius 3 is 2.59 bits per heavy atom. The van der Waals surface area contributed by atoms with Gasteiger partial charge in [-0.05, 0) is 47.6 Å². The Morgan fingerprint density at radius 2 is 1.93 bits per heavy atom. The highest BCUT2D eigenvalue weighted by molar-refractivity contribution is 7.80. The second kappa shape index (κ2) is 8.20. The Bertz CT molecular complexity index is 928. The van der Waals surface area contributed by atoms with Crippen molar-refractivity contribution >= 4 is 46.9 Å². The highest BCUT2D eigenvalue weighted by atomic mass is 35.5. The summed E-state index contributed by atoms with van der Waals surface area (Å²) >= 11 is 11.4. The van der Waals surface area contributed by atoms with Crippen molar-refractivity contribution in [3.05, 3.63) is 70.4 Å². The zero-order valence-electron chi connectivity index (χ0n) is 14.0. The van der Waals surface area contributed by atoms with Crippen LogP contribution in [0.5, 0.6) is 5.75 Å². The molecule has 2 N–H and O–H groups in total. The number of nitrogens with one attached hydrogen (secondary N) is 1. The first kappa shape index (κ1) is 18.9. The number of amides is 1. The second-order valence-electron chi connectivity index (χ2n) is 5.72. The summed E-state index contributed by atoms with van der Waals surface area (Å²) in [6, 6.07) is 14.0. The minimum Gasteiger partial charge on any atom is -0.482 e. The number of benzene rings is 2. The number of nitrogens with zero attached hydrogens (tertiary/aromatic N) is 1. The molecule has 1 aliphatic heterocycles. The van der Waals surface area contributed by atoms with E-state index >= 15 is 0 Å². The molecule has 3 rings (SSSR count). The van der Waals surface area contributed by atoms with E-state index in [9.17, 15) is 9.59 Å². The first-order valence-corrected chi connectivity index (χ1v) is 8.75. The molecule has 0 radical (unpaired) electrons. The Labute approximate surface area is 166 Å².